The number of hydrogen-bond donors (Lipinski definition) is 1. The zero-order chi connectivity index (χ0) is 20.1. The molecule has 3 heterocycles. The van der Waals surface area contributed by atoms with Gasteiger partial charge in [-0.2, -0.15) is 0 Å². The molecule has 0 aliphatic carbocycles. The highest BCUT2D eigenvalue weighted by Gasteiger charge is 2.30. The number of furan rings is 1. The van der Waals surface area contributed by atoms with Gasteiger partial charge in [-0.15, -0.1) is 0 Å². The maximum absolute atomic E-state index is 10.8. The quantitative estimate of drug-likeness (QED) is 0.669. The van der Waals surface area contributed by atoms with Crippen LogP contribution in [0.1, 0.15) is 17.7 Å². The zero-order valence-corrected chi connectivity index (χ0v) is 16.9. The number of aromatic nitrogens is 1. The van der Waals surface area contributed by atoms with Gasteiger partial charge in [0.05, 0.1) is 12.4 Å². The lowest BCUT2D eigenvalue weighted by Crippen LogP contribution is -2.53. The number of β-amino-alcohol motifs (C(OH)–C–C–N with tert-alkyl or cyclic N) is 1. The minimum Gasteiger partial charge on any atom is -0.464 e. The van der Waals surface area contributed by atoms with Gasteiger partial charge in [0.15, 0.2) is 0 Å². The largest absolute Gasteiger partial charge is 0.464 e. The summed E-state index contributed by atoms with van der Waals surface area (Å²) in [6.07, 6.45) is 5.07. The highest BCUT2D eigenvalue weighted by Crippen LogP contribution is 2.23. The van der Waals surface area contributed by atoms with Crippen LogP contribution in [0, 0.1) is 0 Å². The van der Waals surface area contributed by atoms with Gasteiger partial charge in [0, 0.05) is 56.1 Å². The number of likely N-dealkylation sites (N-methyl/N-ethyl adjacent to an activating group) is 1. The summed E-state index contributed by atoms with van der Waals surface area (Å²) < 4.78 is 5.51. The van der Waals surface area contributed by atoms with E-state index in [9.17, 15) is 5.11 Å². The fourth-order valence-corrected chi connectivity index (χ4v) is 4.17. The molecule has 2 atom stereocenters. The Morgan fingerprint density at radius 1 is 1.17 bits per heavy atom. The molecule has 5 nitrogen and oxygen atoms in total. The molecule has 1 N–H and O–H groups in total. The molecule has 152 valence electrons. The number of rotatable bonds is 7. The number of likely N-dealkylation sites (tertiary alicyclic amines) is 1. The third kappa shape index (κ3) is 5.12. The van der Waals surface area contributed by atoms with Crippen LogP contribution in [-0.2, 0) is 13.0 Å². The molecule has 1 aromatic carbocycles. The first kappa shape index (κ1) is 19.8. The maximum Gasteiger partial charge on any atom is 0.133 e. The van der Waals surface area contributed by atoms with Crippen molar-refractivity contribution in [3.05, 3.63) is 78.3 Å². The third-order valence-electron chi connectivity index (χ3n) is 5.78. The first-order valence-electron chi connectivity index (χ1n) is 10.3. The lowest BCUT2D eigenvalue weighted by Gasteiger charge is -2.40. The molecular weight excluding hydrogens is 362 g/mol. The standard InChI is InChI=1S/C24H29N3O2/c1-26(13-10-21-8-2-3-12-25-21)22-11-14-27(18-23(22)28)17-19-6-4-7-20(16-19)24-9-5-15-29-24/h2-9,12,15-16,22-23,28H,10-11,13-14,17-18H2,1H3/t22-,23-/m1/s1. The van der Waals surface area contributed by atoms with E-state index in [2.05, 4.69) is 52.2 Å². The topological polar surface area (TPSA) is 52.7 Å². The van der Waals surface area contributed by atoms with E-state index in [0.717, 1.165) is 49.5 Å². The number of piperidine rings is 1. The predicted molar refractivity (Wildman–Crippen MR) is 114 cm³/mol. The summed E-state index contributed by atoms with van der Waals surface area (Å²) in [4.78, 5) is 9.02. The Balaban J connectivity index is 1.30. The molecule has 1 aliphatic rings. The van der Waals surface area contributed by atoms with Gasteiger partial charge < -0.3 is 14.4 Å². The van der Waals surface area contributed by atoms with Gasteiger partial charge in [-0.05, 0) is 49.4 Å². The predicted octanol–water partition coefficient (Wildman–Crippen LogP) is 3.45. The Kier molecular flexibility index (Phi) is 6.39. The smallest absolute Gasteiger partial charge is 0.133 e. The summed E-state index contributed by atoms with van der Waals surface area (Å²) in [5, 5.41) is 10.8. The molecule has 4 rings (SSSR count). The average Bonchev–Trinajstić information content (AvgIpc) is 3.28. The molecule has 0 saturated carbocycles. The fourth-order valence-electron chi connectivity index (χ4n) is 4.17. The Morgan fingerprint density at radius 3 is 2.86 bits per heavy atom. The number of nitrogens with zero attached hydrogens (tertiary/aromatic N) is 3. The molecule has 1 saturated heterocycles. The molecule has 0 amide bonds. The van der Waals surface area contributed by atoms with Crippen LogP contribution < -0.4 is 0 Å². The lowest BCUT2D eigenvalue weighted by molar-refractivity contribution is -0.00619. The monoisotopic (exact) mass is 391 g/mol. The second-order valence-corrected chi connectivity index (χ2v) is 7.89. The molecule has 29 heavy (non-hydrogen) atoms. The van der Waals surface area contributed by atoms with Crippen LogP contribution in [0.15, 0.2) is 71.5 Å². The summed E-state index contributed by atoms with van der Waals surface area (Å²) in [6.45, 7) is 3.43. The van der Waals surface area contributed by atoms with Crippen LogP contribution in [0.5, 0.6) is 0 Å². The summed E-state index contributed by atoms with van der Waals surface area (Å²) in [6, 6.07) is 18.6. The van der Waals surface area contributed by atoms with E-state index in [-0.39, 0.29) is 12.1 Å². The Bertz CT molecular complexity index is 882. The summed E-state index contributed by atoms with van der Waals surface area (Å²) >= 11 is 0. The van der Waals surface area contributed by atoms with Gasteiger partial charge in [-0.3, -0.25) is 9.88 Å². The first-order valence-corrected chi connectivity index (χ1v) is 10.3. The molecule has 1 fully saturated rings. The summed E-state index contributed by atoms with van der Waals surface area (Å²) in [5.41, 5.74) is 3.44. The highest BCUT2D eigenvalue weighted by atomic mass is 16.3. The molecule has 5 heteroatoms. The van der Waals surface area contributed by atoms with Crippen molar-refractivity contribution in [1.29, 1.82) is 0 Å². The van der Waals surface area contributed by atoms with Gasteiger partial charge >= 0.3 is 0 Å². The second kappa shape index (κ2) is 9.35. The van der Waals surface area contributed by atoms with Crippen molar-refractivity contribution < 1.29 is 9.52 Å². The van der Waals surface area contributed by atoms with Crippen molar-refractivity contribution >= 4 is 0 Å². The number of hydrogen-bond acceptors (Lipinski definition) is 5. The van der Waals surface area contributed by atoms with Crippen molar-refractivity contribution in [3.8, 4) is 11.3 Å². The van der Waals surface area contributed by atoms with Gasteiger partial charge in [0.25, 0.3) is 0 Å². The van der Waals surface area contributed by atoms with Crippen LogP contribution in [0.3, 0.4) is 0 Å². The van der Waals surface area contributed by atoms with Crippen molar-refractivity contribution in [3.63, 3.8) is 0 Å². The Hall–Kier alpha value is -2.47. The molecule has 2 aromatic heterocycles. The summed E-state index contributed by atoms with van der Waals surface area (Å²) in [7, 11) is 2.11. The van der Waals surface area contributed by atoms with Crippen molar-refractivity contribution in [2.75, 3.05) is 26.7 Å². The lowest BCUT2D eigenvalue weighted by atomic mass is 9.99. The normalized spacial score (nSPS) is 20.2. The SMILES string of the molecule is CN(CCc1ccccn1)[C@@H]1CCN(Cc2cccc(-c3ccco3)c2)C[C@H]1O. The molecule has 0 radical (unpaired) electrons. The molecule has 0 spiro atoms. The van der Waals surface area contributed by atoms with E-state index in [0.29, 0.717) is 6.54 Å². The molecule has 3 aromatic rings. The van der Waals surface area contributed by atoms with Gasteiger partial charge in [0.1, 0.15) is 5.76 Å². The number of pyridine rings is 1. The average molecular weight is 392 g/mol. The fraction of sp³-hybridized carbons (Fsp3) is 0.375. The Morgan fingerprint density at radius 2 is 2.10 bits per heavy atom. The minimum absolute atomic E-state index is 0.199. The van der Waals surface area contributed by atoms with Gasteiger partial charge in [-0.1, -0.05) is 24.3 Å². The van der Waals surface area contributed by atoms with Crippen molar-refractivity contribution in [2.45, 2.75) is 31.5 Å². The van der Waals surface area contributed by atoms with E-state index < -0.39 is 0 Å². The minimum atomic E-state index is -0.342. The second-order valence-electron chi connectivity index (χ2n) is 7.89. The maximum atomic E-state index is 10.8. The summed E-state index contributed by atoms with van der Waals surface area (Å²) in [5.74, 6) is 0.889. The van der Waals surface area contributed by atoms with E-state index in [4.69, 9.17) is 4.42 Å². The van der Waals surface area contributed by atoms with Crippen molar-refractivity contribution in [2.24, 2.45) is 0 Å². The Labute approximate surface area is 172 Å². The van der Waals surface area contributed by atoms with Crippen LogP contribution in [0.2, 0.25) is 0 Å². The van der Waals surface area contributed by atoms with Crippen LogP contribution in [0.25, 0.3) is 11.3 Å². The molecular formula is C24H29N3O2. The molecule has 0 unspecified atom stereocenters. The molecule has 1 aliphatic heterocycles. The van der Waals surface area contributed by atoms with Crippen LogP contribution >= 0.6 is 0 Å². The number of aliphatic hydroxyl groups is 1. The van der Waals surface area contributed by atoms with Crippen LogP contribution in [0.4, 0.5) is 0 Å². The third-order valence-corrected chi connectivity index (χ3v) is 5.78. The van der Waals surface area contributed by atoms with E-state index in [1.54, 1.807) is 6.26 Å². The number of benzene rings is 1. The zero-order valence-electron chi connectivity index (χ0n) is 16.9. The first-order chi connectivity index (χ1) is 14.2. The molecule has 0 bridgehead atoms. The van der Waals surface area contributed by atoms with Crippen molar-refractivity contribution in [1.82, 2.24) is 14.8 Å². The van der Waals surface area contributed by atoms with Crippen LogP contribution in [-0.4, -0.2) is 58.7 Å². The number of aliphatic hydroxyl groups excluding tert-OH is 1. The van der Waals surface area contributed by atoms with Gasteiger partial charge in [0.2, 0.25) is 0 Å². The van der Waals surface area contributed by atoms with E-state index in [1.165, 1.54) is 5.56 Å². The van der Waals surface area contributed by atoms with E-state index >= 15 is 0 Å². The van der Waals surface area contributed by atoms with Gasteiger partial charge in [-0.25, -0.2) is 0 Å². The highest BCUT2D eigenvalue weighted by molar-refractivity contribution is 5.58. The van der Waals surface area contributed by atoms with E-state index in [1.807, 2.05) is 30.5 Å².